The molecule has 2 aromatic heterocycles. The fourth-order valence-electron chi connectivity index (χ4n) is 2.81. The maximum Gasteiger partial charge on any atom is 0.490 e. The van der Waals surface area contributed by atoms with Crippen molar-refractivity contribution in [3.63, 3.8) is 0 Å². The van der Waals surface area contributed by atoms with Crippen LogP contribution in [0.4, 0.5) is 8.78 Å². The molecule has 0 aliphatic carbocycles. The van der Waals surface area contributed by atoms with Crippen LogP contribution in [-0.2, 0) is 31.6 Å². The molecule has 2 unspecified atom stereocenters. The summed E-state index contributed by atoms with van der Waals surface area (Å²) in [6.07, 6.45) is -5.21. The molecule has 0 aromatic carbocycles. The molecule has 0 radical (unpaired) electrons. The molecule has 22 heteroatoms. The first kappa shape index (κ1) is 26.2. The number of H-pyrrole nitrogens is 1. The number of hydrogen-bond donors (Lipinski definition) is 7. The minimum absolute atomic E-state index is 0.426. The number of aliphatic hydroxyl groups excluding tert-OH is 2. The molecule has 1 saturated heterocycles. The molecule has 33 heavy (non-hydrogen) atoms. The molecule has 1 aliphatic rings. The maximum atomic E-state index is 15.1. The first-order valence-electron chi connectivity index (χ1n) is 8.20. The lowest BCUT2D eigenvalue weighted by Crippen LogP contribution is -2.42. The second kappa shape index (κ2) is 8.66. The Morgan fingerprint density at radius 2 is 1.82 bits per heavy atom. The van der Waals surface area contributed by atoms with Gasteiger partial charge in [-0.15, -0.1) is 0 Å². The summed E-state index contributed by atoms with van der Waals surface area (Å²) in [6, 6.07) is 0. The van der Waals surface area contributed by atoms with Gasteiger partial charge in [0.1, 0.15) is 24.2 Å². The Bertz CT molecular complexity index is 1260. The molecular weight excluding hydrogens is 529 g/mol. The van der Waals surface area contributed by atoms with Crippen LogP contribution in [0.1, 0.15) is 6.23 Å². The van der Waals surface area contributed by atoms with Crippen molar-refractivity contribution in [2.75, 3.05) is 6.61 Å². The van der Waals surface area contributed by atoms with Crippen molar-refractivity contribution in [3.8, 4) is 0 Å². The van der Waals surface area contributed by atoms with E-state index in [1.807, 2.05) is 0 Å². The van der Waals surface area contributed by atoms with Gasteiger partial charge < -0.3 is 44.1 Å². The van der Waals surface area contributed by atoms with Gasteiger partial charge in [0.2, 0.25) is 0 Å². The van der Waals surface area contributed by atoms with Crippen LogP contribution in [0.5, 0.6) is 0 Å². The largest absolute Gasteiger partial charge is 0.490 e. The highest BCUT2D eigenvalue weighted by Gasteiger charge is 2.57. The zero-order valence-electron chi connectivity index (χ0n) is 15.5. The second-order valence-electron chi connectivity index (χ2n) is 6.41. The Morgan fingerprint density at radius 3 is 2.42 bits per heavy atom. The SMILES string of the molecule is O=c1[nH]cnc2c1c(F)cn2[C@@H]1O[C@](F)(COP(=O)(O)OP(=O)(O)OP(=O)(O)O)[C@@H](O)[C@H]1O. The molecule has 7 N–H and O–H groups in total. The monoisotopic (exact) mass is 543 g/mol. The quantitative estimate of drug-likeness (QED) is 0.200. The van der Waals surface area contributed by atoms with Crippen molar-refractivity contribution in [3.05, 3.63) is 28.7 Å². The lowest BCUT2D eigenvalue weighted by molar-refractivity contribution is -0.203. The average molecular weight is 543 g/mol. The number of phosphoric ester groups is 1. The Morgan fingerprint density at radius 1 is 1.18 bits per heavy atom. The van der Waals surface area contributed by atoms with Crippen molar-refractivity contribution in [2.45, 2.75) is 24.3 Å². The number of hydrogen-bond acceptors (Lipinski definition) is 11. The van der Waals surface area contributed by atoms with E-state index in [-0.39, 0.29) is 0 Å². The van der Waals surface area contributed by atoms with Crippen molar-refractivity contribution in [1.82, 2.24) is 14.5 Å². The Labute approximate surface area is 179 Å². The van der Waals surface area contributed by atoms with Crippen LogP contribution in [0.3, 0.4) is 0 Å². The summed E-state index contributed by atoms with van der Waals surface area (Å²) in [5.74, 6) is -4.67. The van der Waals surface area contributed by atoms with E-state index in [0.29, 0.717) is 10.8 Å². The predicted molar refractivity (Wildman–Crippen MR) is 96.1 cm³/mol. The minimum Gasteiger partial charge on any atom is -0.385 e. The van der Waals surface area contributed by atoms with Crippen LogP contribution in [0.25, 0.3) is 11.0 Å². The van der Waals surface area contributed by atoms with E-state index in [1.165, 1.54) is 0 Å². The number of phosphoric acid groups is 3. The van der Waals surface area contributed by atoms with Crippen molar-refractivity contribution >= 4 is 34.5 Å². The first-order valence-corrected chi connectivity index (χ1v) is 12.7. The summed E-state index contributed by atoms with van der Waals surface area (Å²) in [5, 5.41) is 19.6. The topological polar surface area (TPSA) is 260 Å². The molecular formula is C11H14F2N3O14P3. The van der Waals surface area contributed by atoms with E-state index in [9.17, 15) is 38.0 Å². The standard InChI is InChI=1S/C11H14F2N3O14P3/c12-4-1-16(8-5(4)9(19)15-3-14-8)10-6(17)7(18)11(13,28-10)2-27-32(23,24)30-33(25,26)29-31(20,21)22/h1,3,6-7,10,17-18H,2H2,(H,23,24)(H,25,26)(H,14,15,19)(H2,20,21,22)/t6-,7+,10-,11-/m1/s1. The fraction of sp³-hybridized carbons (Fsp3) is 0.455. The molecule has 0 spiro atoms. The maximum absolute atomic E-state index is 15.1. The van der Waals surface area contributed by atoms with Crippen LogP contribution in [-0.4, -0.2) is 69.0 Å². The number of alkyl halides is 1. The van der Waals surface area contributed by atoms with Gasteiger partial charge in [0.15, 0.2) is 17.7 Å². The molecule has 6 atom stereocenters. The lowest BCUT2D eigenvalue weighted by atomic mass is 10.1. The minimum atomic E-state index is -5.90. The Kier molecular flexibility index (Phi) is 6.87. The van der Waals surface area contributed by atoms with Gasteiger partial charge in [-0.05, 0) is 0 Å². The molecule has 1 aliphatic heterocycles. The number of fused-ring (bicyclic) bond motifs is 1. The van der Waals surface area contributed by atoms with E-state index in [1.54, 1.807) is 0 Å². The molecule has 3 heterocycles. The summed E-state index contributed by atoms with van der Waals surface area (Å²) in [6.45, 7) is -1.76. The summed E-state index contributed by atoms with van der Waals surface area (Å²) < 4.78 is 79.2. The van der Waals surface area contributed by atoms with Gasteiger partial charge in [-0.2, -0.15) is 8.62 Å². The zero-order valence-corrected chi connectivity index (χ0v) is 18.2. The molecule has 0 saturated carbocycles. The van der Waals surface area contributed by atoms with Crippen molar-refractivity contribution in [1.29, 1.82) is 0 Å². The normalized spacial score (nSPS) is 29.8. The molecule has 0 amide bonds. The van der Waals surface area contributed by atoms with Crippen LogP contribution in [0.2, 0.25) is 0 Å². The molecule has 2 aromatic rings. The van der Waals surface area contributed by atoms with Gasteiger partial charge in [0.05, 0.1) is 6.33 Å². The van der Waals surface area contributed by atoms with Gasteiger partial charge in [-0.25, -0.2) is 27.5 Å². The predicted octanol–water partition coefficient (Wildman–Crippen LogP) is -0.877. The molecule has 1 fully saturated rings. The highest BCUT2D eigenvalue weighted by Crippen LogP contribution is 2.66. The Hall–Kier alpha value is -1.43. The number of aromatic amines is 1. The van der Waals surface area contributed by atoms with Gasteiger partial charge in [-0.1, -0.05) is 0 Å². The summed E-state index contributed by atoms with van der Waals surface area (Å²) in [7, 11) is -17.4. The van der Waals surface area contributed by atoms with Crippen LogP contribution in [0, 0.1) is 5.82 Å². The van der Waals surface area contributed by atoms with Crippen molar-refractivity contribution in [2.24, 2.45) is 0 Å². The second-order valence-corrected chi connectivity index (χ2v) is 10.8. The van der Waals surface area contributed by atoms with Gasteiger partial charge in [-0.3, -0.25) is 9.32 Å². The number of nitrogens with one attached hydrogen (secondary N) is 1. The van der Waals surface area contributed by atoms with E-state index in [4.69, 9.17) is 19.4 Å². The number of nitrogens with zero attached hydrogens (tertiary/aromatic N) is 2. The number of aliphatic hydroxyl groups is 2. The van der Waals surface area contributed by atoms with E-state index in [2.05, 4.69) is 23.1 Å². The van der Waals surface area contributed by atoms with Crippen LogP contribution in [0.15, 0.2) is 17.3 Å². The third-order valence-electron chi connectivity index (χ3n) is 4.06. The first-order chi connectivity index (χ1) is 14.9. The highest BCUT2D eigenvalue weighted by atomic mass is 31.3. The molecule has 0 bridgehead atoms. The average Bonchev–Trinajstić information content (AvgIpc) is 3.08. The fourth-order valence-corrected chi connectivity index (χ4v) is 5.84. The summed E-state index contributed by atoms with van der Waals surface area (Å²) >= 11 is 0. The summed E-state index contributed by atoms with van der Waals surface area (Å²) in [4.78, 5) is 52.9. The van der Waals surface area contributed by atoms with E-state index in [0.717, 1.165) is 6.33 Å². The smallest absolute Gasteiger partial charge is 0.385 e. The molecule has 186 valence electrons. The summed E-state index contributed by atoms with van der Waals surface area (Å²) in [5.41, 5.74) is -1.35. The number of aromatic nitrogens is 3. The third kappa shape index (κ3) is 5.63. The lowest BCUT2D eigenvalue weighted by Gasteiger charge is -2.24. The third-order valence-corrected chi connectivity index (χ3v) is 7.84. The van der Waals surface area contributed by atoms with Gasteiger partial charge >= 0.3 is 23.5 Å². The van der Waals surface area contributed by atoms with Gasteiger partial charge in [0.25, 0.3) is 11.4 Å². The van der Waals surface area contributed by atoms with E-state index < -0.39 is 76.8 Å². The van der Waals surface area contributed by atoms with E-state index >= 15 is 4.39 Å². The van der Waals surface area contributed by atoms with Crippen LogP contribution >= 0.6 is 23.5 Å². The van der Waals surface area contributed by atoms with Crippen LogP contribution < -0.4 is 5.56 Å². The highest BCUT2D eigenvalue weighted by molar-refractivity contribution is 7.66. The molecule has 17 nitrogen and oxygen atoms in total. The number of rotatable bonds is 8. The Balaban J connectivity index is 1.80. The number of halogens is 2. The van der Waals surface area contributed by atoms with Gasteiger partial charge in [0, 0.05) is 6.20 Å². The zero-order chi connectivity index (χ0) is 25.0. The number of ether oxygens (including phenoxy) is 1. The molecule has 3 rings (SSSR count). The van der Waals surface area contributed by atoms with Crippen molar-refractivity contribution < 1.29 is 70.1 Å².